The number of hydrogen-bond donors (Lipinski definition) is 4. The highest BCUT2D eigenvalue weighted by atomic mass is 16.1. The summed E-state index contributed by atoms with van der Waals surface area (Å²) in [6, 6.07) is 12.4. The predicted molar refractivity (Wildman–Crippen MR) is 135 cm³/mol. The molecule has 0 saturated carbocycles. The summed E-state index contributed by atoms with van der Waals surface area (Å²) in [5, 5.41) is 15.8. The van der Waals surface area contributed by atoms with E-state index in [1.807, 2.05) is 27.0 Å². The van der Waals surface area contributed by atoms with Crippen LogP contribution in [-0.4, -0.2) is 38.1 Å². The Balaban J connectivity index is 1.51. The summed E-state index contributed by atoms with van der Waals surface area (Å²) in [6.07, 6.45) is 5.68. The minimum Gasteiger partial charge on any atom is -0.353 e. The average Bonchev–Trinajstić information content (AvgIpc) is 3.43. The van der Waals surface area contributed by atoms with E-state index in [1.54, 1.807) is 18.6 Å². The van der Waals surface area contributed by atoms with Crippen molar-refractivity contribution in [2.45, 2.75) is 26.8 Å². The van der Waals surface area contributed by atoms with Gasteiger partial charge in [0.15, 0.2) is 5.65 Å². The zero-order chi connectivity index (χ0) is 23.7. The number of amides is 1. The number of H-pyrrole nitrogens is 2. The summed E-state index contributed by atoms with van der Waals surface area (Å²) in [5.74, 6) is 0.275. The fourth-order valence-electron chi connectivity index (χ4n) is 4.21. The maximum absolute atomic E-state index is 12.2. The molecule has 0 aliphatic carbocycles. The molecular weight excluding hydrogens is 426 g/mol. The fraction of sp³-hybridized carbons (Fsp3) is 0.231. The van der Waals surface area contributed by atoms with E-state index in [9.17, 15) is 4.79 Å². The third-order valence-corrected chi connectivity index (χ3v) is 5.75. The summed E-state index contributed by atoms with van der Waals surface area (Å²) in [7, 11) is 1.95. The van der Waals surface area contributed by atoms with Crippen LogP contribution < -0.4 is 10.6 Å². The van der Waals surface area contributed by atoms with Crippen molar-refractivity contribution >= 4 is 33.5 Å². The molecule has 4 N–H and O–H groups in total. The molecule has 4 heterocycles. The lowest BCUT2D eigenvalue weighted by atomic mass is 10.1. The Morgan fingerprint density at radius 1 is 1.06 bits per heavy atom. The van der Waals surface area contributed by atoms with E-state index in [4.69, 9.17) is 0 Å². The van der Waals surface area contributed by atoms with Crippen molar-refractivity contribution in [2.75, 3.05) is 12.4 Å². The number of carbonyl (C=O) groups excluding carboxylic acids is 1. The van der Waals surface area contributed by atoms with Crippen LogP contribution in [0.2, 0.25) is 0 Å². The van der Waals surface area contributed by atoms with E-state index in [0.29, 0.717) is 23.7 Å². The first kappa shape index (κ1) is 21.8. The van der Waals surface area contributed by atoms with Crippen LogP contribution in [0.1, 0.15) is 25.8 Å². The van der Waals surface area contributed by atoms with Gasteiger partial charge in [0.25, 0.3) is 0 Å². The maximum Gasteiger partial charge on any atom is 0.224 e. The molecular formula is C26H27N7O. The number of aromatic amines is 2. The number of anilines is 1. The predicted octanol–water partition coefficient (Wildman–Crippen LogP) is 4.87. The number of nitrogens with zero attached hydrogens (tertiary/aromatic N) is 3. The van der Waals surface area contributed by atoms with E-state index in [1.165, 1.54) is 10.9 Å². The SMILES string of the molecule is CNCc1cccc2[nH]c(-c3[nH]nc4ncc(-c5cncc(NC(=O)CC(C)C)c5)cc34)cc12. The minimum absolute atomic E-state index is 0.0175. The molecule has 1 aromatic carbocycles. The number of pyridine rings is 2. The summed E-state index contributed by atoms with van der Waals surface area (Å²) >= 11 is 0. The molecule has 0 fully saturated rings. The van der Waals surface area contributed by atoms with E-state index >= 15 is 0 Å². The lowest BCUT2D eigenvalue weighted by Gasteiger charge is -2.08. The van der Waals surface area contributed by atoms with E-state index < -0.39 is 0 Å². The molecule has 4 aromatic heterocycles. The Morgan fingerprint density at radius 2 is 1.91 bits per heavy atom. The van der Waals surface area contributed by atoms with Crippen molar-refractivity contribution in [3.8, 4) is 22.5 Å². The molecule has 0 saturated heterocycles. The van der Waals surface area contributed by atoms with Crippen LogP contribution in [0.15, 0.2) is 55.0 Å². The minimum atomic E-state index is -0.0175. The van der Waals surface area contributed by atoms with Crippen LogP contribution in [0.4, 0.5) is 5.69 Å². The Labute approximate surface area is 197 Å². The maximum atomic E-state index is 12.2. The molecule has 0 bridgehead atoms. The van der Waals surface area contributed by atoms with Crippen LogP contribution >= 0.6 is 0 Å². The van der Waals surface area contributed by atoms with Gasteiger partial charge in [-0.3, -0.25) is 14.9 Å². The second-order valence-corrected chi connectivity index (χ2v) is 8.89. The van der Waals surface area contributed by atoms with E-state index in [-0.39, 0.29) is 5.91 Å². The second-order valence-electron chi connectivity index (χ2n) is 8.89. The van der Waals surface area contributed by atoms with E-state index in [2.05, 4.69) is 66.1 Å². The monoisotopic (exact) mass is 453 g/mol. The van der Waals surface area contributed by atoms with Crippen molar-refractivity contribution in [1.82, 2.24) is 30.5 Å². The fourth-order valence-corrected chi connectivity index (χ4v) is 4.21. The number of benzene rings is 1. The van der Waals surface area contributed by atoms with Gasteiger partial charge in [0.2, 0.25) is 5.91 Å². The third-order valence-electron chi connectivity index (χ3n) is 5.75. The molecule has 5 aromatic rings. The highest BCUT2D eigenvalue weighted by molar-refractivity contribution is 5.97. The van der Waals surface area contributed by atoms with Crippen molar-refractivity contribution in [3.63, 3.8) is 0 Å². The Kier molecular flexibility index (Phi) is 5.81. The lowest BCUT2D eigenvalue weighted by molar-refractivity contribution is -0.116. The summed E-state index contributed by atoms with van der Waals surface area (Å²) in [6.45, 7) is 4.83. The Bertz CT molecular complexity index is 1480. The molecule has 1 amide bonds. The summed E-state index contributed by atoms with van der Waals surface area (Å²) in [5.41, 5.74) is 7.21. The third kappa shape index (κ3) is 4.27. The van der Waals surface area contributed by atoms with Gasteiger partial charge in [-0.2, -0.15) is 5.10 Å². The van der Waals surface area contributed by atoms with Gasteiger partial charge in [-0.25, -0.2) is 4.98 Å². The lowest BCUT2D eigenvalue weighted by Crippen LogP contribution is -2.13. The number of aromatic nitrogens is 5. The van der Waals surface area contributed by atoms with Gasteiger partial charge in [-0.15, -0.1) is 0 Å². The van der Waals surface area contributed by atoms with Gasteiger partial charge in [0, 0.05) is 52.8 Å². The number of fused-ring (bicyclic) bond motifs is 2. The molecule has 34 heavy (non-hydrogen) atoms. The highest BCUT2D eigenvalue weighted by Crippen LogP contribution is 2.32. The molecule has 8 nitrogen and oxygen atoms in total. The first-order valence-corrected chi connectivity index (χ1v) is 11.4. The number of nitrogens with one attached hydrogen (secondary N) is 4. The molecule has 8 heteroatoms. The Hall–Kier alpha value is -4.04. The van der Waals surface area contributed by atoms with Crippen LogP contribution in [-0.2, 0) is 11.3 Å². The largest absolute Gasteiger partial charge is 0.353 e. The van der Waals surface area contributed by atoms with E-state index in [0.717, 1.165) is 40.0 Å². The highest BCUT2D eigenvalue weighted by Gasteiger charge is 2.14. The van der Waals surface area contributed by atoms with Crippen molar-refractivity contribution in [3.05, 3.63) is 60.6 Å². The summed E-state index contributed by atoms with van der Waals surface area (Å²) < 4.78 is 0. The standard InChI is InChI=1S/C26H27N7O/c1-15(2)7-24(34)30-19-8-17(12-28-14-19)18-9-21-25(32-33-26(21)29-13-18)23-10-20-16(11-27-3)5-4-6-22(20)31-23/h4-6,8-10,12-15,27,31H,7,11H2,1-3H3,(H,30,34)(H,29,32,33). The normalized spacial score (nSPS) is 11.5. The van der Waals surface area contributed by atoms with Crippen LogP contribution in [0.5, 0.6) is 0 Å². The molecule has 0 radical (unpaired) electrons. The van der Waals surface area contributed by atoms with Gasteiger partial charge in [-0.05, 0) is 42.8 Å². The van der Waals surface area contributed by atoms with Crippen molar-refractivity contribution in [1.29, 1.82) is 0 Å². The van der Waals surface area contributed by atoms with Gasteiger partial charge in [0.05, 0.1) is 23.3 Å². The molecule has 0 spiro atoms. The van der Waals surface area contributed by atoms with Gasteiger partial charge in [-0.1, -0.05) is 26.0 Å². The van der Waals surface area contributed by atoms with Gasteiger partial charge in [0.1, 0.15) is 0 Å². The van der Waals surface area contributed by atoms with Crippen LogP contribution in [0, 0.1) is 5.92 Å². The Morgan fingerprint density at radius 3 is 2.74 bits per heavy atom. The zero-order valence-electron chi connectivity index (χ0n) is 19.4. The van der Waals surface area contributed by atoms with Crippen LogP contribution in [0.3, 0.4) is 0 Å². The number of hydrogen-bond acceptors (Lipinski definition) is 5. The van der Waals surface area contributed by atoms with Crippen LogP contribution in [0.25, 0.3) is 44.5 Å². The van der Waals surface area contributed by atoms with Crippen molar-refractivity contribution in [2.24, 2.45) is 5.92 Å². The average molecular weight is 454 g/mol. The van der Waals surface area contributed by atoms with Crippen molar-refractivity contribution < 1.29 is 4.79 Å². The first-order valence-electron chi connectivity index (χ1n) is 11.4. The second kappa shape index (κ2) is 9.07. The summed E-state index contributed by atoms with van der Waals surface area (Å²) in [4.78, 5) is 24.6. The van der Waals surface area contributed by atoms with Gasteiger partial charge < -0.3 is 15.6 Å². The molecule has 0 unspecified atom stereocenters. The quantitative estimate of drug-likeness (QED) is 0.281. The smallest absolute Gasteiger partial charge is 0.224 e. The topological polar surface area (TPSA) is 111 Å². The molecule has 0 aliphatic heterocycles. The van der Waals surface area contributed by atoms with Gasteiger partial charge >= 0.3 is 0 Å². The zero-order valence-corrected chi connectivity index (χ0v) is 19.4. The first-order chi connectivity index (χ1) is 16.5. The number of rotatable bonds is 7. The molecule has 0 aliphatic rings. The molecule has 172 valence electrons. The molecule has 5 rings (SSSR count). The number of carbonyl (C=O) groups is 1. The molecule has 0 atom stereocenters.